The van der Waals surface area contributed by atoms with E-state index in [2.05, 4.69) is 15.9 Å². The van der Waals surface area contributed by atoms with Crippen LogP contribution in [-0.2, 0) is 0 Å². The highest BCUT2D eigenvalue weighted by Crippen LogP contribution is 2.45. The van der Waals surface area contributed by atoms with Crippen LogP contribution in [0.4, 0.5) is 0 Å². The van der Waals surface area contributed by atoms with Crippen LogP contribution in [0.3, 0.4) is 0 Å². The first-order chi connectivity index (χ1) is 10.1. The molecule has 0 aliphatic carbocycles. The second-order valence-corrected chi connectivity index (χ2v) is 6.17. The summed E-state index contributed by atoms with van der Waals surface area (Å²) >= 11 is 4.99. The molecule has 1 N–H and O–H groups in total. The Kier molecular flexibility index (Phi) is 3.69. The lowest BCUT2D eigenvalue weighted by Gasteiger charge is -2.16. The molecule has 0 amide bonds. The lowest BCUT2D eigenvalue weighted by molar-refractivity contribution is 0.0694. The van der Waals surface area contributed by atoms with E-state index in [1.165, 1.54) is 18.4 Å². The van der Waals surface area contributed by atoms with Crippen molar-refractivity contribution in [3.63, 3.8) is 0 Å². The molecular weight excluding hydrogens is 352 g/mol. The van der Waals surface area contributed by atoms with Gasteiger partial charge in [-0.3, -0.25) is 0 Å². The number of thiophene rings is 1. The molecule has 0 aliphatic rings. The Morgan fingerprint density at radius 2 is 1.90 bits per heavy atom. The van der Waals surface area contributed by atoms with Gasteiger partial charge in [0.15, 0.2) is 0 Å². The first-order valence-electron chi connectivity index (χ1n) is 6.20. The second-order valence-electron chi connectivity index (χ2n) is 4.43. The summed E-state index contributed by atoms with van der Waals surface area (Å²) in [6.07, 6.45) is 0. The van der Waals surface area contributed by atoms with Gasteiger partial charge in [0.25, 0.3) is 0 Å². The monoisotopic (exact) mass is 362 g/mol. The molecule has 0 aliphatic heterocycles. The predicted molar refractivity (Wildman–Crippen MR) is 88.5 cm³/mol. The third kappa shape index (κ3) is 2.22. The van der Waals surface area contributed by atoms with Gasteiger partial charge in [0, 0.05) is 15.8 Å². The van der Waals surface area contributed by atoms with E-state index in [0.29, 0.717) is 15.8 Å². The number of hydrogen-bond acceptors (Lipinski definition) is 3. The van der Waals surface area contributed by atoms with Crippen molar-refractivity contribution in [2.45, 2.75) is 0 Å². The van der Waals surface area contributed by atoms with Gasteiger partial charge in [-0.2, -0.15) is 0 Å². The van der Waals surface area contributed by atoms with Gasteiger partial charge in [-0.1, -0.05) is 30.3 Å². The summed E-state index contributed by atoms with van der Waals surface area (Å²) in [5.74, 6) is -0.647. The molecule has 0 bridgehead atoms. The quantitative estimate of drug-likeness (QED) is 0.709. The first kappa shape index (κ1) is 14.1. The Balaban J connectivity index is 2.56. The molecule has 106 valence electrons. The Bertz CT molecular complexity index is 825. The molecule has 3 nitrogen and oxygen atoms in total. The van der Waals surface area contributed by atoms with Crippen molar-refractivity contribution in [2.24, 2.45) is 0 Å². The van der Waals surface area contributed by atoms with Crippen molar-refractivity contribution in [1.82, 2.24) is 0 Å². The Morgan fingerprint density at radius 1 is 1.19 bits per heavy atom. The van der Waals surface area contributed by atoms with Crippen molar-refractivity contribution in [3.05, 3.63) is 51.8 Å². The van der Waals surface area contributed by atoms with Crippen LogP contribution in [-0.4, -0.2) is 18.2 Å². The fourth-order valence-electron chi connectivity index (χ4n) is 2.45. The molecule has 0 saturated heterocycles. The van der Waals surface area contributed by atoms with E-state index in [1.807, 2.05) is 41.8 Å². The minimum atomic E-state index is -0.998. The number of rotatable bonds is 3. The zero-order chi connectivity index (χ0) is 15.0. The third-order valence-electron chi connectivity index (χ3n) is 3.29. The Morgan fingerprint density at radius 3 is 2.48 bits per heavy atom. The van der Waals surface area contributed by atoms with Crippen LogP contribution < -0.4 is 4.74 Å². The van der Waals surface area contributed by atoms with Crippen molar-refractivity contribution in [3.8, 4) is 16.2 Å². The molecule has 1 heterocycles. The van der Waals surface area contributed by atoms with Crippen LogP contribution in [0.25, 0.3) is 21.2 Å². The molecule has 3 rings (SSSR count). The average molecular weight is 363 g/mol. The highest BCUT2D eigenvalue weighted by molar-refractivity contribution is 9.10. The number of carbonyl (C=O) groups is 1. The molecule has 5 heteroatoms. The largest absolute Gasteiger partial charge is 0.495 e. The Labute approximate surface area is 133 Å². The highest BCUT2D eigenvalue weighted by atomic mass is 79.9. The van der Waals surface area contributed by atoms with Crippen LogP contribution >= 0.6 is 27.3 Å². The zero-order valence-corrected chi connectivity index (χ0v) is 13.5. The lowest BCUT2D eigenvalue weighted by Crippen LogP contribution is -2.04. The number of fused-ring (bicyclic) bond motifs is 1. The molecule has 0 radical (unpaired) electrons. The van der Waals surface area contributed by atoms with Crippen molar-refractivity contribution < 1.29 is 14.6 Å². The minimum absolute atomic E-state index is 0.186. The van der Waals surface area contributed by atoms with Gasteiger partial charge >= 0.3 is 5.97 Å². The molecule has 1 aromatic heterocycles. The molecule has 3 aromatic rings. The summed E-state index contributed by atoms with van der Waals surface area (Å²) in [7, 11) is 1.49. The maximum Gasteiger partial charge on any atom is 0.340 e. The van der Waals surface area contributed by atoms with Gasteiger partial charge < -0.3 is 9.84 Å². The fraction of sp³-hybridized carbons (Fsp3) is 0.0625. The molecular formula is C16H11BrO3S. The second kappa shape index (κ2) is 5.50. The number of carboxylic acid groups (broad SMARTS) is 1. The number of halogens is 1. The number of aromatic carboxylic acids is 1. The van der Waals surface area contributed by atoms with E-state index >= 15 is 0 Å². The number of carboxylic acids is 1. The number of ether oxygens (including phenoxy) is 1. The summed E-state index contributed by atoms with van der Waals surface area (Å²) in [6.45, 7) is 0. The van der Waals surface area contributed by atoms with Crippen molar-refractivity contribution >= 4 is 44.0 Å². The number of methoxy groups -OCH3 is 1. The first-order valence-corrected chi connectivity index (χ1v) is 7.87. The van der Waals surface area contributed by atoms with Gasteiger partial charge in [-0.05, 0) is 32.8 Å². The summed E-state index contributed by atoms with van der Waals surface area (Å²) in [5, 5.41) is 13.4. The van der Waals surface area contributed by atoms with Gasteiger partial charge in [-0.25, -0.2) is 4.79 Å². The third-order valence-corrected chi connectivity index (χ3v) is 4.97. The number of hydrogen-bond donors (Lipinski definition) is 1. The zero-order valence-electron chi connectivity index (χ0n) is 11.1. The topological polar surface area (TPSA) is 46.5 Å². The van der Waals surface area contributed by atoms with Crippen LogP contribution in [0.2, 0.25) is 0 Å². The van der Waals surface area contributed by atoms with E-state index in [1.54, 1.807) is 0 Å². The van der Waals surface area contributed by atoms with E-state index in [9.17, 15) is 9.90 Å². The predicted octanol–water partition coefficient (Wildman–Crippen LogP) is 5.04. The summed E-state index contributed by atoms with van der Waals surface area (Å²) in [6, 6.07) is 11.5. The van der Waals surface area contributed by atoms with Gasteiger partial charge in [0.2, 0.25) is 0 Å². The molecule has 0 saturated carbocycles. The van der Waals surface area contributed by atoms with E-state index < -0.39 is 5.97 Å². The summed E-state index contributed by atoms with van der Waals surface area (Å²) in [5.41, 5.74) is 0.888. The standard InChI is InChI=1S/C16H11BrO3S/c1-20-15-13(16(18)19)12(11-7-4-8-21-11)9-5-2-3-6-10(9)14(15)17/h2-8H,1H3,(H,18,19). The molecule has 0 unspecified atom stereocenters. The molecule has 0 spiro atoms. The molecule has 0 atom stereocenters. The van der Waals surface area contributed by atoms with E-state index in [-0.39, 0.29) is 5.56 Å². The van der Waals surface area contributed by atoms with Crippen LogP contribution in [0, 0.1) is 0 Å². The van der Waals surface area contributed by atoms with Gasteiger partial charge in [-0.15, -0.1) is 11.3 Å². The van der Waals surface area contributed by atoms with Crippen molar-refractivity contribution in [2.75, 3.05) is 7.11 Å². The smallest absolute Gasteiger partial charge is 0.340 e. The van der Waals surface area contributed by atoms with Crippen molar-refractivity contribution in [1.29, 1.82) is 0 Å². The molecule has 0 fully saturated rings. The Hall–Kier alpha value is -1.85. The van der Waals surface area contributed by atoms with E-state index in [4.69, 9.17) is 4.74 Å². The molecule has 2 aromatic carbocycles. The fourth-order valence-corrected chi connectivity index (χ4v) is 3.94. The molecule has 21 heavy (non-hydrogen) atoms. The average Bonchev–Trinajstić information content (AvgIpc) is 3.01. The van der Waals surface area contributed by atoms with Crippen LogP contribution in [0.15, 0.2) is 46.3 Å². The highest BCUT2D eigenvalue weighted by Gasteiger charge is 2.24. The van der Waals surface area contributed by atoms with Gasteiger partial charge in [0.05, 0.1) is 11.6 Å². The number of benzene rings is 2. The summed E-state index contributed by atoms with van der Waals surface area (Å²) < 4.78 is 6.03. The SMILES string of the molecule is COc1c(C(=O)O)c(-c2cccs2)c2ccccc2c1Br. The lowest BCUT2D eigenvalue weighted by atomic mass is 9.96. The maximum absolute atomic E-state index is 11.8. The minimum Gasteiger partial charge on any atom is -0.495 e. The summed E-state index contributed by atoms with van der Waals surface area (Å²) in [4.78, 5) is 12.7. The van der Waals surface area contributed by atoms with Crippen LogP contribution in [0.5, 0.6) is 5.75 Å². The van der Waals surface area contributed by atoms with Gasteiger partial charge in [0.1, 0.15) is 11.3 Å². The maximum atomic E-state index is 11.8. The normalized spacial score (nSPS) is 10.8. The van der Waals surface area contributed by atoms with E-state index in [0.717, 1.165) is 15.6 Å². The van der Waals surface area contributed by atoms with Crippen LogP contribution in [0.1, 0.15) is 10.4 Å².